The first-order valence-electron chi connectivity index (χ1n) is 6.62. The third kappa shape index (κ3) is 5.93. The lowest BCUT2D eigenvalue weighted by atomic mass is 10.0. The summed E-state index contributed by atoms with van der Waals surface area (Å²) >= 11 is 79.3. The minimum Gasteiger partial charge on any atom is -0.0982 e. The third-order valence-corrected chi connectivity index (χ3v) is 11.8. The molecule has 25 heavy (non-hydrogen) atoms. The van der Waals surface area contributed by atoms with Crippen LogP contribution in [0.3, 0.4) is 0 Å². The van der Waals surface area contributed by atoms with Gasteiger partial charge in [0, 0.05) is 0 Å². The molecule has 0 aromatic rings. The van der Waals surface area contributed by atoms with Crippen LogP contribution in [0, 0.1) is 5.92 Å². The lowest BCUT2D eigenvalue weighted by Gasteiger charge is -2.50. The van der Waals surface area contributed by atoms with Crippen molar-refractivity contribution >= 4 is 151 Å². The van der Waals surface area contributed by atoms with Gasteiger partial charge in [-0.1, -0.05) is 178 Å². The van der Waals surface area contributed by atoms with Crippen LogP contribution in [0.5, 0.6) is 0 Å². The average molecular weight is 618 g/mol. The molecule has 0 rings (SSSR count). The summed E-state index contributed by atoms with van der Waals surface area (Å²) in [5.74, 6) is 0.392. The second-order valence-electron chi connectivity index (χ2n) is 5.79. The molecule has 0 radical (unpaired) electrons. The van der Waals surface area contributed by atoms with Crippen LogP contribution in [0.25, 0.3) is 0 Å². The van der Waals surface area contributed by atoms with Crippen molar-refractivity contribution in [3.05, 3.63) is 0 Å². The predicted octanol–water partition coefficient (Wildman–Crippen LogP) is 10.1. The zero-order valence-corrected chi connectivity index (χ0v) is 22.4. The number of hydrogen-bond donors (Lipinski definition) is 0. The minimum absolute atomic E-state index is 0.109. The molecule has 0 bridgehead atoms. The highest BCUT2D eigenvalue weighted by atomic mass is 35.6. The highest BCUT2D eigenvalue weighted by molar-refractivity contribution is 6.82. The van der Waals surface area contributed by atoms with E-state index in [4.69, 9.17) is 151 Å². The molecule has 0 saturated carbocycles. The van der Waals surface area contributed by atoms with Crippen LogP contribution in [0.15, 0.2) is 0 Å². The summed E-state index contributed by atoms with van der Waals surface area (Å²) in [5.41, 5.74) is 0. The van der Waals surface area contributed by atoms with Gasteiger partial charge >= 0.3 is 0 Å². The van der Waals surface area contributed by atoms with Crippen LogP contribution in [-0.4, -0.2) is 25.5 Å². The van der Waals surface area contributed by atoms with Gasteiger partial charge in [0.05, 0.1) is 0 Å². The summed E-state index contributed by atoms with van der Waals surface area (Å²) in [4.78, 5) is 0. The highest BCUT2D eigenvalue weighted by Crippen LogP contribution is 2.69. The van der Waals surface area contributed by atoms with Gasteiger partial charge in [-0.3, -0.25) is 0 Å². The van der Waals surface area contributed by atoms with E-state index in [-0.39, 0.29) is 6.42 Å². The molecule has 0 heterocycles. The van der Waals surface area contributed by atoms with E-state index < -0.39 is 25.5 Å². The molecule has 0 atom stereocenters. The van der Waals surface area contributed by atoms with E-state index in [1.165, 1.54) is 0 Å². The molecule has 0 aliphatic rings. The second kappa shape index (κ2) is 9.50. The van der Waals surface area contributed by atoms with Crippen molar-refractivity contribution in [2.45, 2.75) is 58.6 Å². The highest BCUT2D eigenvalue weighted by Gasteiger charge is 2.76. The van der Waals surface area contributed by atoms with Gasteiger partial charge in [0.15, 0.2) is 17.3 Å². The van der Waals surface area contributed by atoms with Crippen LogP contribution >= 0.6 is 151 Å². The molecule has 0 nitrogen and oxygen atoms in total. The smallest absolute Gasteiger partial charge is 0.0982 e. The molecule has 0 N–H and O–H groups in total. The Morgan fingerprint density at radius 2 is 0.920 bits per heavy atom. The van der Waals surface area contributed by atoms with Crippen molar-refractivity contribution in [1.82, 2.24) is 0 Å². The van der Waals surface area contributed by atoms with Crippen LogP contribution in [0.4, 0.5) is 0 Å². The predicted molar refractivity (Wildman–Crippen MR) is 121 cm³/mol. The Bertz CT molecular complexity index is 446. The van der Waals surface area contributed by atoms with Crippen LogP contribution in [0.2, 0.25) is 0 Å². The van der Waals surface area contributed by atoms with Crippen molar-refractivity contribution < 1.29 is 0 Å². The summed E-state index contributed by atoms with van der Waals surface area (Å²) in [6, 6.07) is 0. The molecule has 0 fully saturated rings. The van der Waals surface area contributed by atoms with E-state index in [9.17, 15) is 0 Å². The fourth-order valence-electron chi connectivity index (χ4n) is 1.69. The van der Waals surface area contributed by atoms with Crippen LogP contribution in [0.1, 0.15) is 33.1 Å². The molecule has 152 valence electrons. The largest absolute Gasteiger partial charge is 0.226 e. The van der Waals surface area contributed by atoms with Crippen molar-refractivity contribution in [2.24, 2.45) is 5.92 Å². The maximum Gasteiger partial charge on any atom is 0.226 e. The third-order valence-electron chi connectivity index (χ3n) is 3.27. The number of rotatable bonds is 8. The fourth-order valence-corrected chi connectivity index (χ4v) is 5.47. The van der Waals surface area contributed by atoms with E-state index in [2.05, 4.69) is 0 Å². The minimum atomic E-state index is -2.62. The molecule has 0 aromatic carbocycles. The molecule has 0 spiro atoms. The second-order valence-corrected chi connectivity index (χ2v) is 14.9. The number of hydrogen-bond acceptors (Lipinski definition) is 0. The van der Waals surface area contributed by atoms with Gasteiger partial charge in [-0.05, 0) is 12.3 Å². The van der Waals surface area contributed by atoms with Crippen molar-refractivity contribution in [2.75, 3.05) is 0 Å². The first-order chi connectivity index (χ1) is 10.7. The van der Waals surface area contributed by atoms with Gasteiger partial charge in [0.2, 0.25) is 8.13 Å². The van der Waals surface area contributed by atoms with Crippen LogP contribution < -0.4 is 0 Å². The van der Waals surface area contributed by atoms with Gasteiger partial charge in [-0.2, -0.15) is 0 Å². The summed E-state index contributed by atoms with van der Waals surface area (Å²) in [6.45, 7) is 4.04. The van der Waals surface area contributed by atoms with Gasteiger partial charge in [-0.15, -0.1) is 0 Å². The van der Waals surface area contributed by atoms with E-state index in [0.29, 0.717) is 12.3 Å². The Labute approximate surface area is 213 Å². The molecule has 0 amide bonds. The zero-order chi connectivity index (χ0) is 20.7. The Balaban J connectivity index is 5.86. The lowest BCUT2D eigenvalue weighted by molar-refractivity contribution is 0.451. The molecule has 0 aliphatic carbocycles. The molecule has 0 aliphatic heterocycles. The Morgan fingerprint density at radius 1 is 0.560 bits per heavy atom. The van der Waals surface area contributed by atoms with E-state index in [1.807, 2.05) is 13.8 Å². The first kappa shape index (κ1) is 28.8. The molecule has 13 heteroatoms. The average Bonchev–Trinajstić information content (AvgIpc) is 2.35. The van der Waals surface area contributed by atoms with Crippen molar-refractivity contribution in [1.29, 1.82) is 0 Å². The van der Waals surface area contributed by atoms with E-state index in [1.54, 1.807) is 0 Å². The molecular formula is C12H13Cl13. The summed E-state index contributed by atoms with van der Waals surface area (Å²) in [6.07, 6.45) is 1.46. The standard InChI is InChI=1S/C12H13Cl13/c1-6(2)4-3-5-7(13,14)8(15,16)9(17,18)10(19,20)11(21,22)12(23,24)25/h6H,3-5H2,1-2H3. The molecule has 0 aromatic heterocycles. The molecular weight excluding hydrogens is 605 g/mol. The quantitative estimate of drug-likeness (QED) is 0.238. The maximum absolute atomic E-state index is 6.30. The van der Waals surface area contributed by atoms with Crippen molar-refractivity contribution in [3.8, 4) is 0 Å². The molecule has 0 saturated heterocycles. The lowest BCUT2D eigenvalue weighted by Crippen LogP contribution is -2.65. The Morgan fingerprint density at radius 3 is 1.24 bits per heavy atom. The zero-order valence-electron chi connectivity index (χ0n) is 12.6. The van der Waals surface area contributed by atoms with Gasteiger partial charge in [-0.25, -0.2) is 0 Å². The summed E-state index contributed by atoms with van der Waals surface area (Å²) < 4.78 is -14.4. The SMILES string of the molecule is CC(C)CCCC(Cl)(Cl)C(Cl)(Cl)C(Cl)(Cl)C(Cl)(Cl)C(Cl)(Cl)C(Cl)(Cl)Cl. The first-order valence-corrected chi connectivity index (χ1v) is 11.5. The monoisotopic (exact) mass is 612 g/mol. The van der Waals surface area contributed by atoms with E-state index >= 15 is 0 Å². The molecule has 0 unspecified atom stereocenters. The topological polar surface area (TPSA) is 0 Å². The van der Waals surface area contributed by atoms with Gasteiger partial charge in [0.25, 0.3) is 0 Å². The maximum atomic E-state index is 6.30. The summed E-state index contributed by atoms with van der Waals surface area (Å²) in [5, 5.41) is 0. The van der Waals surface area contributed by atoms with Gasteiger partial charge in [0.1, 0.15) is 0 Å². The normalized spacial score (nSPS) is 15.8. The van der Waals surface area contributed by atoms with Crippen molar-refractivity contribution in [3.63, 3.8) is 0 Å². The summed E-state index contributed by atoms with van der Waals surface area (Å²) in [7, 11) is 0. The number of halogens is 13. The number of alkyl halides is 13. The van der Waals surface area contributed by atoms with E-state index in [0.717, 1.165) is 6.42 Å². The Kier molecular flexibility index (Phi) is 10.9. The van der Waals surface area contributed by atoms with Gasteiger partial charge < -0.3 is 0 Å². The van der Waals surface area contributed by atoms with Crippen LogP contribution in [-0.2, 0) is 0 Å². The fraction of sp³-hybridized carbons (Fsp3) is 1.00. The Hall–Kier alpha value is 3.77.